The van der Waals surface area contributed by atoms with Gasteiger partial charge in [0.15, 0.2) is 24.1 Å². The number of nitrogens with zero attached hydrogens (tertiary/aromatic N) is 2. The summed E-state index contributed by atoms with van der Waals surface area (Å²) in [5, 5.41) is 10.0. The van der Waals surface area contributed by atoms with Crippen LogP contribution in [0, 0.1) is 24.2 Å². The number of carbonyl (C=O) groups excluding carboxylic acids is 2. The smallest absolute Gasteiger partial charge is 0.422 e. The van der Waals surface area contributed by atoms with Crippen molar-refractivity contribution < 1.29 is 27.5 Å². The Kier molecular flexibility index (Phi) is 5.37. The molecule has 0 saturated carbocycles. The summed E-state index contributed by atoms with van der Waals surface area (Å²) < 4.78 is 41.0. The van der Waals surface area contributed by atoms with E-state index >= 15 is 0 Å². The maximum atomic E-state index is 12.9. The molecule has 0 saturated heterocycles. The number of benzene rings is 1. The van der Waals surface area contributed by atoms with Gasteiger partial charge in [0.1, 0.15) is 0 Å². The number of pyridine rings is 1. The van der Waals surface area contributed by atoms with Gasteiger partial charge in [-0.05, 0) is 19.1 Å². The molecule has 0 aliphatic rings. The summed E-state index contributed by atoms with van der Waals surface area (Å²) in [7, 11) is 0. The van der Waals surface area contributed by atoms with Crippen molar-refractivity contribution in [1.82, 2.24) is 9.97 Å². The van der Waals surface area contributed by atoms with Crippen LogP contribution < -0.4 is 4.74 Å². The number of nitriles is 1. The number of para-hydroxylation sites is 1. The number of aromatic amines is 1. The van der Waals surface area contributed by atoms with Crippen molar-refractivity contribution in [1.29, 1.82) is 5.26 Å². The standard InChI is InChI=1S/C20H14F3N3O3/c1-11-17(13-4-2-3-5-15(13)26-11)19(28)14(8-24)18(27)12-6-7-16(25-9-12)29-10-20(21,22)23/h2-7,9,14,26H,10H2,1H3/t14-/m0/s1. The zero-order chi connectivity index (χ0) is 21.2. The van der Waals surface area contributed by atoms with Crippen LogP contribution in [-0.4, -0.2) is 34.3 Å². The maximum Gasteiger partial charge on any atom is 0.422 e. The van der Waals surface area contributed by atoms with Crippen LogP contribution in [0.3, 0.4) is 0 Å². The molecule has 1 atom stereocenters. The number of rotatable bonds is 6. The van der Waals surface area contributed by atoms with Crippen molar-refractivity contribution >= 4 is 22.5 Å². The molecule has 0 aliphatic heterocycles. The van der Waals surface area contributed by atoms with Crippen molar-refractivity contribution in [2.24, 2.45) is 5.92 Å². The van der Waals surface area contributed by atoms with E-state index in [0.29, 0.717) is 16.6 Å². The van der Waals surface area contributed by atoms with E-state index in [2.05, 4.69) is 14.7 Å². The Morgan fingerprint density at radius 1 is 1.21 bits per heavy atom. The monoisotopic (exact) mass is 401 g/mol. The SMILES string of the molecule is Cc1[nH]c2ccccc2c1C(=O)[C@@H](C#N)C(=O)c1ccc(OCC(F)(F)F)nc1. The highest BCUT2D eigenvalue weighted by Gasteiger charge is 2.32. The van der Waals surface area contributed by atoms with Crippen LogP contribution in [0.25, 0.3) is 10.9 Å². The fourth-order valence-electron chi connectivity index (χ4n) is 2.91. The Morgan fingerprint density at radius 3 is 2.55 bits per heavy atom. The highest BCUT2D eigenvalue weighted by atomic mass is 19.4. The van der Waals surface area contributed by atoms with Crippen LogP contribution in [-0.2, 0) is 0 Å². The van der Waals surface area contributed by atoms with Gasteiger partial charge in [0.2, 0.25) is 5.88 Å². The van der Waals surface area contributed by atoms with E-state index in [9.17, 15) is 28.0 Å². The molecule has 0 amide bonds. The summed E-state index contributed by atoms with van der Waals surface area (Å²) in [4.78, 5) is 32.3. The van der Waals surface area contributed by atoms with Gasteiger partial charge in [-0.2, -0.15) is 18.4 Å². The predicted molar refractivity (Wildman–Crippen MR) is 96.6 cm³/mol. The van der Waals surface area contributed by atoms with Gasteiger partial charge >= 0.3 is 6.18 Å². The summed E-state index contributed by atoms with van der Waals surface area (Å²) in [6.45, 7) is 0.146. The molecule has 0 fully saturated rings. The zero-order valence-corrected chi connectivity index (χ0v) is 15.1. The number of hydrogen-bond acceptors (Lipinski definition) is 5. The molecule has 0 radical (unpaired) electrons. The van der Waals surface area contributed by atoms with E-state index in [-0.39, 0.29) is 17.0 Å². The first-order valence-corrected chi connectivity index (χ1v) is 8.42. The average molecular weight is 401 g/mol. The van der Waals surface area contributed by atoms with Crippen LogP contribution in [0.4, 0.5) is 13.2 Å². The van der Waals surface area contributed by atoms with Crippen LogP contribution in [0.15, 0.2) is 42.6 Å². The van der Waals surface area contributed by atoms with E-state index in [1.165, 1.54) is 6.07 Å². The third kappa shape index (κ3) is 4.27. The Bertz CT molecular complexity index is 1110. The van der Waals surface area contributed by atoms with Gasteiger partial charge in [0.25, 0.3) is 0 Å². The minimum Gasteiger partial charge on any atom is -0.468 e. The number of aryl methyl sites for hydroxylation is 1. The minimum absolute atomic E-state index is 0.0817. The number of nitrogens with one attached hydrogen (secondary N) is 1. The summed E-state index contributed by atoms with van der Waals surface area (Å²) in [6, 6.07) is 11.0. The van der Waals surface area contributed by atoms with Gasteiger partial charge in [0, 0.05) is 40.0 Å². The van der Waals surface area contributed by atoms with E-state index in [1.54, 1.807) is 37.3 Å². The van der Waals surface area contributed by atoms with E-state index in [0.717, 1.165) is 12.3 Å². The molecule has 29 heavy (non-hydrogen) atoms. The van der Waals surface area contributed by atoms with E-state index in [1.807, 2.05) is 0 Å². The number of ketones is 2. The summed E-state index contributed by atoms with van der Waals surface area (Å²) in [6.07, 6.45) is -3.54. The van der Waals surface area contributed by atoms with Crippen molar-refractivity contribution in [2.45, 2.75) is 13.1 Å². The lowest BCUT2D eigenvalue weighted by molar-refractivity contribution is -0.154. The van der Waals surface area contributed by atoms with Crippen molar-refractivity contribution in [3.63, 3.8) is 0 Å². The number of Topliss-reactive ketones (excluding diaryl/α,β-unsaturated/α-hetero) is 2. The molecule has 0 aliphatic carbocycles. The van der Waals surface area contributed by atoms with Gasteiger partial charge < -0.3 is 9.72 Å². The Morgan fingerprint density at radius 2 is 1.93 bits per heavy atom. The highest BCUT2D eigenvalue weighted by molar-refractivity contribution is 6.22. The minimum atomic E-state index is -4.52. The van der Waals surface area contributed by atoms with E-state index in [4.69, 9.17) is 0 Å². The van der Waals surface area contributed by atoms with Crippen LogP contribution in [0.2, 0.25) is 0 Å². The van der Waals surface area contributed by atoms with Crippen LogP contribution in [0.1, 0.15) is 26.4 Å². The van der Waals surface area contributed by atoms with Gasteiger partial charge in [-0.1, -0.05) is 18.2 Å². The highest BCUT2D eigenvalue weighted by Crippen LogP contribution is 2.26. The van der Waals surface area contributed by atoms with Gasteiger partial charge in [-0.3, -0.25) is 9.59 Å². The molecular weight excluding hydrogens is 387 g/mol. The number of aromatic nitrogens is 2. The van der Waals surface area contributed by atoms with Gasteiger partial charge in [-0.25, -0.2) is 4.98 Å². The molecule has 2 heterocycles. The number of halogens is 3. The topological polar surface area (TPSA) is 95.8 Å². The number of carbonyl (C=O) groups is 2. The second kappa shape index (κ2) is 7.75. The molecule has 3 aromatic rings. The van der Waals surface area contributed by atoms with Crippen molar-refractivity contribution in [3.8, 4) is 11.9 Å². The number of H-pyrrole nitrogens is 1. The van der Waals surface area contributed by atoms with E-state index < -0.39 is 30.3 Å². The number of fused-ring (bicyclic) bond motifs is 1. The molecule has 0 bridgehead atoms. The lowest BCUT2D eigenvalue weighted by atomic mass is 9.90. The van der Waals surface area contributed by atoms with Gasteiger partial charge in [0.05, 0.1) is 6.07 Å². The lowest BCUT2D eigenvalue weighted by Gasteiger charge is -2.10. The normalized spacial score (nSPS) is 12.4. The molecule has 2 aromatic heterocycles. The number of ether oxygens (including phenoxy) is 1. The molecule has 1 N–H and O–H groups in total. The summed E-state index contributed by atoms with van der Waals surface area (Å²) in [5.41, 5.74) is 1.39. The summed E-state index contributed by atoms with van der Waals surface area (Å²) in [5.74, 6) is -3.40. The molecule has 9 heteroatoms. The largest absolute Gasteiger partial charge is 0.468 e. The Labute approximate surface area is 162 Å². The third-order valence-electron chi connectivity index (χ3n) is 4.20. The van der Waals surface area contributed by atoms with Gasteiger partial charge in [-0.15, -0.1) is 0 Å². The first-order chi connectivity index (χ1) is 13.7. The average Bonchev–Trinajstić information content (AvgIpc) is 3.02. The fourth-order valence-corrected chi connectivity index (χ4v) is 2.91. The van der Waals surface area contributed by atoms with Crippen LogP contribution >= 0.6 is 0 Å². The third-order valence-corrected chi connectivity index (χ3v) is 4.20. The second-order valence-corrected chi connectivity index (χ2v) is 6.25. The Hall–Kier alpha value is -3.67. The predicted octanol–water partition coefficient (Wildman–Crippen LogP) is 4.02. The molecular formula is C20H14F3N3O3. The molecule has 1 aromatic carbocycles. The molecule has 3 rings (SSSR count). The molecule has 0 unspecified atom stereocenters. The lowest BCUT2D eigenvalue weighted by Crippen LogP contribution is -2.24. The second-order valence-electron chi connectivity index (χ2n) is 6.25. The zero-order valence-electron chi connectivity index (χ0n) is 15.1. The fraction of sp³-hybridized carbons (Fsp3) is 0.200. The molecule has 6 nitrogen and oxygen atoms in total. The van der Waals surface area contributed by atoms with Crippen molar-refractivity contribution in [2.75, 3.05) is 6.61 Å². The molecule has 0 spiro atoms. The quantitative estimate of drug-likeness (QED) is 0.497. The van der Waals surface area contributed by atoms with Crippen LogP contribution in [0.5, 0.6) is 5.88 Å². The first-order valence-electron chi connectivity index (χ1n) is 8.42. The first kappa shape index (κ1) is 20.1. The maximum absolute atomic E-state index is 12.9. The number of alkyl halides is 3. The number of hydrogen-bond donors (Lipinski definition) is 1. The van der Waals surface area contributed by atoms with Crippen molar-refractivity contribution in [3.05, 3.63) is 59.4 Å². The summed E-state index contributed by atoms with van der Waals surface area (Å²) >= 11 is 0. The molecule has 148 valence electrons. The Balaban J connectivity index is 1.84.